The van der Waals surface area contributed by atoms with Crippen LogP contribution in [0.25, 0.3) is 5.69 Å². The number of benzene rings is 2. The van der Waals surface area contributed by atoms with E-state index in [1.807, 2.05) is 55.6 Å². The smallest absolute Gasteiger partial charge is 0.271 e. The van der Waals surface area contributed by atoms with Gasteiger partial charge in [-0.1, -0.05) is 6.07 Å². The second-order valence-electron chi connectivity index (χ2n) is 7.34. The standard InChI is InChI=1S/C22H25N5O3S/c1-15-12-18(14-24-25-22(28)17-6-5-7-20(13-17)26(3)4)16(2)27(15)19-8-10-21(11-9-19)31(23,29)30/h5-14H,1-4H3,(H,25,28)(H2,23,29,30)/b24-14-. The molecular formula is C22H25N5O3S. The van der Waals surface area contributed by atoms with Gasteiger partial charge in [0.1, 0.15) is 0 Å². The van der Waals surface area contributed by atoms with E-state index in [-0.39, 0.29) is 10.8 Å². The highest BCUT2D eigenvalue weighted by Gasteiger charge is 2.12. The maximum atomic E-state index is 12.4. The topological polar surface area (TPSA) is 110 Å². The molecule has 3 aromatic rings. The van der Waals surface area contributed by atoms with Gasteiger partial charge in [0.15, 0.2) is 0 Å². The SMILES string of the molecule is Cc1cc(/C=N\NC(=O)c2cccc(N(C)C)c2)c(C)n1-c1ccc(S(N)(=O)=O)cc1. The molecule has 0 bridgehead atoms. The summed E-state index contributed by atoms with van der Waals surface area (Å²) in [4.78, 5) is 14.4. The van der Waals surface area contributed by atoms with Crippen LogP contribution in [0.2, 0.25) is 0 Å². The lowest BCUT2D eigenvalue weighted by atomic mass is 10.2. The zero-order chi connectivity index (χ0) is 22.8. The quantitative estimate of drug-likeness (QED) is 0.454. The number of nitrogens with two attached hydrogens (primary N) is 1. The monoisotopic (exact) mass is 439 g/mol. The summed E-state index contributed by atoms with van der Waals surface area (Å²) in [7, 11) is 0.0795. The van der Waals surface area contributed by atoms with Crippen molar-refractivity contribution < 1.29 is 13.2 Å². The van der Waals surface area contributed by atoms with Crippen LogP contribution in [0.5, 0.6) is 0 Å². The fourth-order valence-electron chi connectivity index (χ4n) is 3.25. The molecule has 0 aliphatic heterocycles. The molecule has 0 fully saturated rings. The molecule has 0 unspecified atom stereocenters. The summed E-state index contributed by atoms with van der Waals surface area (Å²) in [6.07, 6.45) is 1.59. The Kier molecular flexibility index (Phi) is 6.28. The highest BCUT2D eigenvalue weighted by molar-refractivity contribution is 7.89. The van der Waals surface area contributed by atoms with Gasteiger partial charge in [0.25, 0.3) is 5.91 Å². The lowest BCUT2D eigenvalue weighted by Crippen LogP contribution is -2.18. The number of carbonyl (C=O) groups excluding carboxylic acids is 1. The van der Waals surface area contributed by atoms with Crippen molar-refractivity contribution in [1.29, 1.82) is 0 Å². The first kappa shape index (κ1) is 22.3. The highest BCUT2D eigenvalue weighted by Crippen LogP contribution is 2.21. The molecule has 8 nitrogen and oxygen atoms in total. The molecule has 0 radical (unpaired) electrons. The first-order valence-corrected chi connectivity index (χ1v) is 11.1. The summed E-state index contributed by atoms with van der Waals surface area (Å²) in [6, 6.07) is 15.5. The molecule has 0 saturated carbocycles. The number of amides is 1. The molecule has 9 heteroatoms. The summed E-state index contributed by atoms with van der Waals surface area (Å²) in [5, 5.41) is 9.27. The lowest BCUT2D eigenvalue weighted by molar-refractivity contribution is 0.0955. The fraction of sp³-hybridized carbons (Fsp3) is 0.182. The average Bonchev–Trinajstić information content (AvgIpc) is 3.00. The molecule has 0 aliphatic carbocycles. The van der Waals surface area contributed by atoms with Crippen LogP contribution < -0.4 is 15.5 Å². The number of sulfonamides is 1. The Hall–Kier alpha value is -3.43. The van der Waals surface area contributed by atoms with Crippen molar-refractivity contribution in [2.45, 2.75) is 18.7 Å². The van der Waals surface area contributed by atoms with Crippen LogP contribution in [-0.4, -0.2) is 39.2 Å². The van der Waals surface area contributed by atoms with Gasteiger partial charge in [-0.3, -0.25) is 4.79 Å². The molecule has 3 N–H and O–H groups in total. The van der Waals surface area contributed by atoms with Crippen molar-refractivity contribution in [2.24, 2.45) is 10.2 Å². The number of nitrogens with zero attached hydrogens (tertiary/aromatic N) is 3. The maximum Gasteiger partial charge on any atom is 0.271 e. The Labute approximate surface area is 182 Å². The summed E-state index contributed by atoms with van der Waals surface area (Å²) in [6.45, 7) is 3.85. The molecular weight excluding hydrogens is 414 g/mol. The second kappa shape index (κ2) is 8.75. The van der Waals surface area contributed by atoms with Crippen molar-refractivity contribution in [3.8, 4) is 5.69 Å². The van der Waals surface area contributed by atoms with Crippen molar-refractivity contribution in [3.63, 3.8) is 0 Å². The minimum absolute atomic E-state index is 0.0570. The molecule has 0 saturated heterocycles. The molecule has 1 amide bonds. The van der Waals surface area contributed by atoms with Crippen molar-refractivity contribution >= 4 is 27.8 Å². The average molecular weight is 440 g/mol. The number of carbonyl (C=O) groups is 1. The van der Waals surface area contributed by atoms with Gasteiger partial charge in [0, 0.05) is 48.0 Å². The van der Waals surface area contributed by atoms with E-state index in [1.54, 1.807) is 30.5 Å². The first-order chi connectivity index (χ1) is 14.6. The first-order valence-electron chi connectivity index (χ1n) is 9.51. The van der Waals surface area contributed by atoms with E-state index in [0.717, 1.165) is 28.3 Å². The summed E-state index contributed by atoms with van der Waals surface area (Å²) in [5.74, 6) is -0.299. The van der Waals surface area contributed by atoms with E-state index in [2.05, 4.69) is 10.5 Å². The van der Waals surface area contributed by atoms with Crippen LogP contribution in [0.15, 0.2) is 64.6 Å². The molecule has 31 heavy (non-hydrogen) atoms. The van der Waals surface area contributed by atoms with Gasteiger partial charge < -0.3 is 9.47 Å². The highest BCUT2D eigenvalue weighted by atomic mass is 32.2. The Morgan fingerprint density at radius 2 is 1.77 bits per heavy atom. The van der Waals surface area contributed by atoms with Gasteiger partial charge in [0.2, 0.25) is 10.0 Å². The number of aromatic nitrogens is 1. The molecule has 3 rings (SSSR count). The van der Waals surface area contributed by atoms with E-state index >= 15 is 0 Å². The predicted octanol–water partition coefficient (Wildman–Crippen LogP) is 2.57. The molecule has 0 spiro atoms. The number of nitrogens with one attached hydrogen (secondary N) is 1. The minimum Gasteiger partial charge on any atom is -0.378 e. The fourth-order valence-corrected chi connectivity index (χ4v) is 3.77. The van der Waals surface area contributed by atoms with Crippen molar-refractivity contribution in [3.05, 3.63) is 77.1 Å². The zero-order valence-electron chi connectivity index (χ0n) is 17.8. The van der Waals surface area contributed by atoms with E-state index in [9.17, 15) is 13.2 Å². The number of primary sulfonamides is 1. The third-order valence-electron chi connectivity index (χ3n) is 4.89. The van der Waals surface area contributed by atoms with Gasteiger partial charge in [-0.15, -0.1) is 0 Å². The lowest BCUT2D eigenvalue weighted by Gasteiger charge is -2.12. The van der Waals surface area contributed by atoms with E-state index < -0.39 is 10.0 Å². The van der Waals surface area contributed by atoms with Gasteiger partial charge in [-0.25, -0.2) is 19.0 Å². The molecule has 2 aromatic carbocycles. The Morgan fingerprint density at radius 1 is 1.10 bits per heavy atom. The van der Waals surface area contributed by atoms with Gasteiger partial charge >= 0.3 is 0 Å². The Morgan fingerprint density at radius 3 is 2.39 bits per heavy atom. The predicted molar refractivity (Wildman–Crippen MR) is 122 cm³/mol. The van der Waals surface area contributed by atoms with Gasteiger partial charge in [-0.05, 0) is 62.4 Å². The molecule has 1 aromatic heterocycles. The largest absolute Gasteiger partial charge is 0.378 e. The molecule has 1 heterocycles. The third kappa shape index (κ3) is 5.01. The van der Waals surface area contributed by atoms with Crippen LogP contribution in [-0.2, 0) is 10.0 Å². The van der Waals surface area contributed by atoms with Crippen LogP contribution in [0.1, 0.15) is 27.3 Å². The third-order valence-corrected chi connectivity index (χ3v) is 5.82. The van der Waals surface area contributed by atoms with Crippen molar-refractivity contribution in [1.82, 2.24) is 9.99 Å². The molecule has 162 valence electrons. The summed E-state index contributed by atoms with van der Waals surface area (Å²) in [5.41, 5.74) is 7.46. The number of aryl methyl sites for hydroxylation is 1. The van der Waals surface area contributed by atoms with Crippen LogP contribution in [0.4, 0.5) is 5.69 Å². The van der Waals surface area contributed by atoms with Crippen LogP contribution >= 0.6 is 0 Å². The van der Waals surface area contributed by atoms with Crippen molar-refractivity contribution in [2.75, 3.05) is 19.0 Å². The number of hydrogen-bond donors (Lipinski definition) is 2. The van der Waals surface area contributed by atoms with Gasteiger partial charge in [-0.2, -0.15) is 5.10 Å². The van der Waals surface area contributed by atoms with E-state index in [0.29, 0.717) is 5.56 Å². The van der Waals surface area contributed by atoms with Crippen LogP contribution in [0.3, 0.4) is 0 Å². The van der Waals surface area contributed by atoms with Crippen LogP contribution in [0, 0.1) is 13.8 Å². The number of hydrazone groups is 1. The Bertz CT molecular complexity index is 1240. The maximum absolute atomic E-state index is 12.4. The van der Waals surface area contributed by atoms with Gasteiger partial charge in [0.05, 0.1) is 11.1 Å². The number of hydrogen-bond acceptors (Lipinski definition) is 5. The minimum atomic E-state index is -3.74. The number of rotatable bonds is 6. The molecule has 0 aliphatic rings. The Balaban J connectivity index is 1.78. The molecule has 0 atom stereocenters. The zero-order valence-corrected chi connectivity index (χ0v) is 18.6. The summed E-state index contributed by atoms with van der Waals surface area (Å²) < 4.78 is 24.9. The second-order valence-corrected chi connectivity index (χ2v) is 8.91. The normalized spacial score (nSPS) is 11.6. The summed E-state index contributed by atoms with van der Waals surface area (Å²) >= 11 is 0. The van der Waals surface area contributed by atoms with E-state index in [4.69, 9.17) is 5.14 Å². The number of anilines is 1. The van der Waals surface area contributed by atoms with E-state index in [1.165, 1.54) is 12.1 Å².